The van der Waals surface area contributed by atoms with Gasteiger partial charge >= 0.3 is 0 Å². The molecule has 0 spiro atoms. The zero-order valence-corrected chi connectivity index (χ0v) is 13.6. The first-order valence-corrected chi connectivity index (χ1v) is 8.40. The van der Waals surface area contributed by atoms with E-state index in [-0.39, 0.29) is 0 Å². The number of benzene rings is 2. The third-order valence-electron chi connectivity index (χ3n) is 2.99. The van der Waals surface area contributed by atoms with E-state index in [9.17, 15) is 18.5 Å². The number of sulfonamides is 1. The van der Waals surface area contributed by atoms with Gasteiger partial charge in [0.15, 0.2) is 4.90 Å². The summed E-state index contributed by atoms with van der Waals surface area (Å²) in [6.45, 7) is 1.76. The van der Waals surface area contributed by atoms with Crippen LogP contribution in [0, 0.1) is 10.1 Å². The van der Waals surface area contributed by atoms with Gasteiger partial charge in [0.25, 0.3) is 15.7 Å². The summed E-state index contributed by atoms with van der Waals surface area (Å²) in [7, 11) is -4.12. The Balaban J connectivity index is 2.16. The first kappa shape index (κ1) is 17.4. The van der Waals surface area contributed by atoms with Crippen molar-refractivity contribution < 1.29 is 13.3 Å². The number of para-hydroxylation sites is 1. The highest BCUT2D eigenvalue weighted by Crippen LogP contribution is 2.22. The van der Waals surface area contributed by atoms with E-state index in [0.717, 1.165) is 17.7 Å². The Kier molecular flexibility index (Phi) is 5.43. The summed E-state index contributed by atoms with van der Waals surface area (Å²) in [5.74, 6) is 0. The largest absolute Gasteiger partial charge is 0.289 e. The zero-order chi connectivity index (χ0) is 17.6. The van der Waals surface area contributed by atoms with E-state index in [1.165, 1.54) is 18.3 Å². The van der Waals surface area contributed by atoms with Crippen LogP contribution in [0.25, 0.3) is 6.08 Å². The van der Waals surface area contributed by atoms with E-state index in [0.29, 0.717) is 5.57 Å². The maximum absolute atomic E-state index is 12.1. The molecule has 0 bridgehead atoms. The van der Waals surface area contributed by atoms with Crippen LogP contribution in [0.1, 0.15) is 12.5 Å². The molecule has 0 radical (unpaired) electrons. The van der Waals surface area contributed by atoms with Crippen molar-refractivity contribution in [3.8, 4) is 0 Å². The van der Waals surface area contributed by atoms with Crippen LogP contribution >= 0.6 is 0 Å². The van der Waals surface area contributed by atoms with Crippen LogP contribution in [0.4, 0.5) is 5.69 Å². The molecule has 0 fully saturated rings. The van der Waals surface area contributed by atoms with Crippen LogP contribution in [0.3, 0.4) is 0 Å². The molecule has 2 aromatic rings. The van der Waals surface area contributed by atoms with E-state index < -0.39 is 25.5 Å². The summed E-state index contributed by atoms with van der Waals surface area (Å²) in [5.41, 5.74) is 1.16. The number of hydrogen-bond donors (Lipinski definition) is 1. The fourth-order valence-electron chi connectivity index (χ4n) is 1.93. The lowest BCUT2D eigenvalue weighted by Crippen LogP contribution is -2.19. The van der Waals surface area contributed by atoms with Crippen molar-refractivity contribution in [1.29, 1.82) is 0 Å². The molecule has 0 aromatic heterocycles. The van der Waals surface area contributed by atoms with Crippen molar-refractivity contribution >= 4 is 28.0 Å². The van der Waals surface area contributed by atoms with E-state index in [1.807, 2.05) is 41.2 Å². The lowest BCUT2D eigenvalue weighted by atomic mass is 10.1. The van der Waals surface area contributed by atoms with Gasteiger partial charge in [-0.1, -0.05) is 48.5 Å². The molecule has 0 amide bonds. The van der Waals surface area contributed by atoms with Crippen LogP contribution in [0.15, 0.2) is 70.2 Å². The highest BCUT2D eigenvalue weighted by Gasteiger charge is 2.24. The summed E-state index contributed by atoms with van der Waals surface area (Å²) in [4.78, 5) is 11.7. The van der Waals surface area contributed by atoms with E-state index in [4.69, 9.17) is 0 Å². The molecule has 1 N–H and O–H groups in total. The minimum absolute atomic E-state index is 0.433. The number of nitro groups is 1. The molecule has 124 valence electrons. The molecule has 0 saturated heterocycles. The van der Waals surface area contributed by atoms with Gasteiger partial charge in [0, 0.05) is 6.07 Å². The van der Waals surface area contributed by atoms with E-state index in [2.05, 4.69) is 5.10 Å². The number of hydrogen-bond acceptors (Lipinski definition) is 5. The third-order valence-corrected chi connectivity index (χ3v) is 4.26. The predicted octanol–water partition coefficient (Wildman–Crippen LogP) is 2.96. The Morgan fingerprint density at radius 3 is 2.42 bits per heavy atom. The first-order valence-electron chi connectivity index (χ1n) is 6.92. The molecule has 24 heavy (non-hydrogen) atoms. The lowest BCUT2D eigenvalue weighted by molar-refractivity contribution is -0.387. The van der Waals surface area contributed by atoms with E-state index >= 15 is 0 Å². The average molecular weight is 345 g/mol. The molecule has 0 aliphatic carbocycles. The van der Waals surface area contributed by atoms with Gasteiger partial charge in [-0.3, -0.25) is 10.1 Å². The van der Waals surface area contributed by atoms with Crippen molar-refractivity contribution in [2.75, 3.05) is 0 Å². The number of hydrazone groups is 1. The van der Waals surface area contributed by atoms with Gasteiger partial charge < -0.3 is 0 Å². The van der Waals surface area contributed by atoms with Crippen molar-refractivity contribution in [2.24, 2.45) is 5.10 Å². The van der Waals surface area contributed by atoms with Crippen LogP contribution in [-0.2, 0) is 10.0 Å². The monoisotopic (exact) mass is 345 g/mol. The van der Waals surface area contributed by atoms with Crippen molar-refractivity contribution in [1.82, 2.24) is 4.83 Å². The Hall–Kier alpha value is -3.00. The van der Waals surface area contributed by atoms with Gasteiger partial charge in [-0.25, -0.2) is 0 Å². The van der Waals surface area contributed by atoms with Crippen molar-refractivity contribution in [2.45, 2.75) is 11.8 Å². The summed E-state index contributed by atoms with van der Waals surface area (Å²) >= 11 is 0. The Morgan fingerprint density at radius 1 is 1.12 bits per heavy atom. The molecule has 0 heterocycles. The maximum atomic E-state index is 12.1. The minimum atomic E-state index is -4.12. The molecule has 0 saturated carbocycles. The Labute approximate surface area is 139 Å². The Morgan fingerprint density at radius 2 is 1.75 bits per heavy atom. The highest BCUT2D eigenvalue weighted by atomic mass is 32.2. The third kappa shape index (κ3) is 4.50. The number of allylic oxidation sites excluding steroid dienone is 1. The second-order valence-corrected chi connectivity index (χ2v) is 6.51. The number of rotatable bonds is 6. The van der Waals surface area contributed by atoms with Gasteiger partial charge in [-0.15, -0.1) is 0 Å². The molecule has 0 aliphatic heterocycles. The van der Waals surface area contributed by atoms with Gasteiger partial charge in [-0.2, -0.15) is 18.4 Å². The fourth-order valence-corrected chi connectivity index (χ4v) is 2.90. The fraction of sp³-hybridized carbons (Fsp3) is 0.0625. The summed E-state index contributed by atoms with van der Waals surface area (Å²) in [6.07, 6.45) is 3.15. The van der Waals surface area contributed by atoms with Gasteiger partial charge in [0.05, 0.1) is 11.1 Å². The minimum Gasteiger partial charge on any atom is -0.258 e. The smallest absolute Gasteiger partial charge is 0.258 e. The van der Waals surface area contributed by atoms with Crippen LogP contribution in [0.2, 0.25) is 0 Å². The maximum Gasteiger partial charge on any atom is 0.289 e. The number of nitrogens with zero attached hydrogens (tertiary/aromatic N) is 2. The molecule has 2 rings (SSSR count). The summed E-state index contributed by atoms with van der Waals surface area (Å²) in [5, 5.41) is 14.6. The lowest BCUT2D eigenvalue weighted by Gasteiger charge is -2.04. The normalized spacial score (nSPS) is 12.3. The SMILES string of the molecule is CC(/C=N/NS(=O)(=O)c1ccccc1[N+](=O)[O-])=C\c1ccccc1. The molecule has 8 heteroatoms. The highest BCUT2D eigenvalue weighted by molar-refractivity contribution is 7.89. The zero-order valence-electron chi connectivity index (χ0n) is 12.8. The molecule has 0 aliphatic rings. The van der Waals surface area contributed by atoms with E-state index in [1.54, 1.807) is 6.92 Å². The van der Waals surface area contributed by atoms with Gasteiger partial charge in [0.1, 0.15) is 0 Å². The quantitative estimate of drug-likeness (QED) is 0.494. The predicted molar refractivity (Wildman–Crippen MR) is 92.0 cm³/mol. The molecule has 2 aromatic carbocycles. The van der Waals surface area contributed by atoms with Crippen molar-refractivity contribution in [3.63, 3.8) is 0 Å². The molecule has 0 unspecified atom stereocenters. The summed E-state index contributed by atoms with van der Waals surface area (Å²) in [6, 6.07) is 14.5. The Bertz CT molecular complexity index is 891. The van der Waals surface area contributed by atoms with Gasteiger partial charge in [0.2, 0.25) is 0 Å². The topological polar surface area (TPSA) is 102 Å². The van der Waals surface area contributed by atoms with Crippen LogP contribution in [0.5, 0.6) is 0 Å². The van der Waals surface area contributed by atoms with Crippen LogP contribution < -0.4 is 4.83 Å². The second-order valence-electron chi connectivity index (χ2n) is 4.88. The number of nitrogens with one attached hydrogen (secondary N) is 1. The molecular formula is C16H15N3O4S. The number of nitro benzene ring substituents is 1. The summed E-state index contributed by atoms with van der Waals surface area (Å²) < 4.78 is 24.3. The average Bonchev–Trinajstić information content (AvgIpc) is 2.55. The molecular weight excluding hydrogens is 330 g/mol. The van der Waals surface area contributed by atoms with Gasteiger partial charge in [-0.05, 0) is 24.1 Å². The first-order chi connectivity index (χ1) is 11.4. The van der Waals surface area contributed by atoms with Crippen molar-refractivity contribution in [3.05, 3.63) is 75.8 Å². The van der Waals surface area contributed by atoms with Crippen LogP contribution in [-0.4, -0.2) is 19.6 Å². The molecule has 0 atom stereocenters. The molecule has 7 nitrogen and oxygen atoms in total. The second kappa shape index (κ2) is 7.51. The standard InChI is InChI=1S/C16H15N3O4S/c1-13(11-14-7-3-2-4-8-14)12-17-18-24(22,23)16-10-6-5-9-15(16)19(20)21/h2-12,18H,1H3/b13-11+,17-12+.